The standard InChI is InChI=1S/C22H26N2O2S3/c1-5-26-17-8-11-19-20(14-17)29-22(24(19)12-13-27-4)23-21(25)16-6-9-18(10-7-16)28-15(2)3/h6-11,14-15H,5,12-13H2,1-4H3. The molecule has 1 aromatic heterocycles. The van der Waals surface area contributed by atoms with Gasteiger partial charge < -0.3 is 9.30 Å². The lowest BCUT2D eigenvalue weighted by molar-refractivity contribution is 0.0998. The average molecular weight is 447 g/mol. The van der Waals surface area contributed by atoms with Crippen LogP contribution in [0.15, 0.2) is 52.4 Å². The number of benzene rings is 2. The van der Waals surface area contributed by atoms with Gasteiger partial charge in [-0.2, -0.15) is 16.8 Å². The molecule has 0 aliphatic heterocycles. The zero-order chi connectivity index (χ0) is 20.8. The molecule has 7 heteroatoms. The van der Waals surface area contributed by atoms with Crippen molar-refractivity contribution in [3.05, 3.63) is 52.8 Å². The molecule has 0 fully saturated rings. The third kappa shape index (κ3) is 5.68. The predicted octanol–water partition coefficient (Wildman–Crippen LogP) is 5.71. The Kier molecular flexibility index (Phi) is 7.86. The quantitative estimate of drug-likeness (QED) is 0.416. The van der Waals surface area contributed by atoms with Gasteiger partial charge in [0.05, 0.1) is 16.8 Å². The number of thiazole rings is 1. The van der Waals surface area contributed by atoms with Gasteiger partial charge in [-0.3, -0.25) is 4.79 Å². The number of hydrogen-bond donors (Lipinski definition) is 0. The monoisotopic (exact) mass is 446 g/mol. The number of nitrogens with zero attached hydrogens (tertiary/aromatic N) is 2. The lowest BCUT2D eigenvalue weighted by atomic mass is 10.2. The van der Waals surface area contributed by atoms with Crippen LogP contribution in [-0.4, -0.2) is 34.3 Å². The number of hydrogen-bond acceptors (Lipinski definition) is 5. The van der Waals surface area contributed by atoms with Gasteiger partial charge in [0.15, 0.2) is 4.80 Å². The summed E-state index contributed by atoms with van der Waals surface area (Å²) in [7, 11) is 0. The number of ether oxygens (including phenoxy) is 1. The number of rotatable bonds is 8. The molecule has 0 N–H and O–H groups in total. The van der Waals surface area contributed by atoms with Crippen LogP contribution in [0.2, 0.25) is 0 Å². The Balaban J connectivity index is 1.97. The summed E-state index contributed by atoms with van der Waals surface area (Å²) in [5.41, 5.74) is 1.70. The zero-order valence-electron chi connectivity index (χ0n) is 17.2. The second kappa shape index (κ2) is 10.4. The molecule has 3 rings (SSSR count). The third-order valence-corrected chi connectivity index (χ3v) is 6.80. The van der Waals surface area contributed by atoms with Crippen molar-refractivity contribution in [1.82, 2.24) is 4.57 Å². The Morgan fingerprint density at radius 1 is 1.21 bits per heavy atom. The number of carbonyl (C=O) groups excluding carboxylic acids is 1. The Morgan fingerprint density at radius 3 is 2.62 bits per heavy atom. The zero-order valence-corrected chi connectivity index (χ0v) is 19.6. The molecule has 0 radical (unpaired) electrons. The second-order valence-electron chi connectivity index (χ2n) is 6.70. The highest BCUT2D eigenvalue weighted by molar-refractivity contribution is 7.99. The topological polar surface area (TPSA) is 43.6 Å². The van der Waals surface area contributed by atoms with E-state index in [1.165, 1.54) is 11.3 Å². The third-order valence-electron chi connectivity index (χ3n) is 4.15. The number of amides is 1. The van der Waals surface area contributed by atoms with E-state index < -0.39 is 0 Å². The van der Waals surface area contributed by atoms with Gasteiger partial charge in [0, 0.05) is 28.0 Å². The van der Waals surface area contributed by atoms with Gasteiger partial charge in [0.2, 0.25) is 0 Å². The molecule has 154 valence electrons. The highest BCUT2D eigenvalue weighted by atomic mass is 32.2. The minimum Gasteiger partial charge on any atom is -0.494 e. The van der Waals surface area contributed by atoms with E-state index in [-0.39, 0.29) is 5.91 Å². The summed E-state index contributed by atoms with van der Waals surface area (Å²) in [5, 5.41) is 0.511. The molecule has 3 aromatic rings. The summed E-state index contributed by atoms with van der Waals surface area (Å²) < 4.78 is 8.84. The van der Waals surface area contributed by atoms with Gasteiger partial charge in [-0.25, -0.2) is 0 Å². The molecule has 0 saturated carbocycles. The summed E-state index contributed by atoms with van der Waals surface area (Å²) in [6.07, 6.45) is 2.08. The molecule has 4 nitrogen and oxygen atoms in total. The Hall–Kier alpha value is -1.70. The van der Waals surface area contributed by atoms with Gasteiger partial charge in [-0.05, 0) is 55.6 Å². The molecule has 0 atom stereocenters. The largest absolute Gasteiger partial charge is 0.494 e. The van der Waals surface area contributed by atoms with Crippen LogP contribution >= 0.6 is 34.9 Å². The van der Waals surface area contributed by atoms with Gasteiger partial charge in [0.1, 0.15) is 5.75 Å². The first-order chi connectivity index (χ1) is 14.0. The van der Waals surface area contributed by atoms with Gasteiger partial charge in [-0.15, -0.1) is 11.8 Å². The molecular formula is C22H26N2O2S3. The number of fused-ring (bicyclic) bond motifs is 1. The van der Waals surface area contributed by atoms with E-state index in [1.54, 1.807) is 23.5 Å². The number of thioether (sulfide) groups is 2. The highest BCUT2D eigenvalue weighted by Gasteiger charge is 2.11. The van der Waals surface area contributed by atoms with E-state index in [1.807, 2.05) is 43.3 Å². The smallest absolute Gasteiger partial charge is 0.279 e. The van der Waals surface area contributed by atoms with Crippen LogP contribution in [0.25, 0.3) is 10.2 Å². The summed E-state index contributed by atoms with van der Waals surface area (Å²) in [6, 6.07) is 13.8. The van der Waals surface area contributed by atoms with E-state index in [0.29, 0.717) is 17.4 Å². The number of aryl methyl sites for hydroxylation is 1. The van der Waals surface area contributed by atoms with Crippen molar-refractivity contribution >= 4 is 51.0 Å². The summed E-state index contributed by atoms with van der Waals surface area (Å²) in [5.74, 6) is 1.59. The predicted molar refractivity (Wildman–Crippen MR) is 127 cm³/mol. The van der Waals surface area contributed by atoms with Crippen molar-refractivity contribution in [3.63, 3.8) is 0 Å². The normalized spacial score (nSPS) is 12.1. The van der Waals surface area contributed by atoms with Crippen LogP contribution in [-0.2, 0) is 6.54 Å². The molecule has 0 unspecified atom stereocenters. The summed E-state index contributed by atoms with van der Waals surface area (Å²) in [4.78, 5) is 19.2. The Labute approximate surface area is 184 Å². The molecule has 0 spiro atoms. The fraction of sp³-hybridized carbons (Fsp3) is 0.364. The van der Waals surface area contributed by atoms with E-state index in [2.05, 4.69) is 35.7 Å². The first kappa shape index (κ1) is 22.0. The van der Waals surface area contributed by atoms with Crippen LogP contribution in [0.3, 0.4) is 0 Å². The molecule has 0 aliphatic rings. The first-order valence-corrected chi connectivity index (χ1v) is 12.7. The number of carbonyl (C=O) groups is 1. The maximum absolute atomic E-state index is 12.8. The lowest BCUT2D eigenvalue weighted by Gasteiger charge is -2.06. The van der Waals surface area contributed by atoms with Crippen molar-refractivity contribution in [2.75, 3.05) is 18.6 Å². The minimum absolute atomic E-state index is 0.208. The molecule has 2 aromatic carbocycles. The lowest BCUT2D eigenvalue weighted by Crippen LogP contribution is -2.18. The van der Waals surface area contributed by atoms with E-state index in [9.17, 15) is 4.79 Å². The Bertz CT molecular complexity index is 1040. The molecule has 1 heterocycles. The maximum atomic E-state index is 12.8. The highest BCUT2D eigenvalue weighted by Crippen LogP contribution is 2.25. The molecule has 0 saturated heterocycles. The Morgan fingerprint density at radius 2 is 1.97 bits per heavy atom. The maximum Gasteiger partial charge on any atom is 0.279 e. The van der Waals surface area contributed by atoms with Crippen molar-refractivity contribution in [1.29, 1.82) is 0 Å². The first-order valence-electron chi connectivity index (χ1n) is 9.62. The van der Waals surface area contributed by atoms with E-state index in [4.69, 9.17) is 4.74 Å². The second-order valence-corrected chi connectivity index (χ2v) is 10.3. The summed E-state index contributed by atoms with van der Waals surface area (Å²) >= 11 is 5.10. The van der Waals surface area contributed by atoms with Crippen LogP contribution in [0.4, 0.5) is 0 Å². The van der Waals surface area contributed by atoms with Crippen LogP contribution in [0.5, 0.6) is 5.75 Å². The van der Waals surface area contributed by atoms with Crippen molar-refractivity contribution in [3.8, 4) is 5.75 Å². The average Bonchev–Trinajstić information content (AvgIpc) is 3.02. The molecule has 0 aliphatic carbocycles. The van der Waals surface area contributed by atoms with E-state index >= 15 is 0 Å². The fourth-order valence-corrected chi connectivity index (χ4v) is 5.18. The SMILES string of the molecule is CCOc1ccc2c(c1)sc(=NC(=O)c1ccc(SC(C)C)cc1)n2CCSC. The van der Waals surface area contributed by atoms with Crippen LogP contribution < -0.4 is 9.54 Å². The van der Waals surface area contributed by atoms with Gasteiger partial charge in [-0.1, -0.05) is 25.2 Å². The molecule has 0 bridgehead atoms. The molecule has 1 amide bonds. The van der Waals surface area contributed by atoms with Crippen molar-refractivity contribution in [2.45, 2.75) is 37.5 Å². The van der Waals surface area contributed by atoms with Crippen LogP contribution in [0.1, 0.15) is 31.1 Å². The van der Waals surface area contributed by atoms with Crippen molar-refractivity contribution < 1.29 is 9.53 Å². The number of aromatic nitrogens is 1. The van der Waals surface area contributed by atoms with E-state index in [0.717, 1.165) is 38.0 Å². The fourth-order valence-electron chi connectivity index (χ4n) is 2.89. The van der Waals surface area contributed by atoms with Crippen molar-refractivity contribution in [2.24, 2.45) is 4.99 Å². The minimum atomic E-state index is -0.208. The van der Waals surface area contributed by atoms with Gasteiger partial charge in [0.25, 0.3) is 5.91 Å². The van der Waals surface area contributed by atoms with Crippen LogP contribution in [0, 0.1) is 0 Å². The molecule has 29 heavy (non-hydrogen) atoms. The summed E-state index contributed by atoms with van der Waals surface area (Å²) in [6.45, 7) is 7.73. The molecular weight excluding hydrogens is 420 g/mol. The van der Waals surface area contributed by atoms with Gasteiger partial charge >= 0.3 is 0 Å².